The van der Waals surface area contributed by atoms with Crippen LogP contribution in [0.4, 0.5) is 15.8 Å². The molecule has 3 rings (SSSR count). The third kappa shape index (κ3) is 6.54. The average molecular weight is 464 g/mol. The van der Waals surface area contributed by atoms with Crippen LogP contribution in [0, 0.1) is 5.92 Å². The summed E-state index contributed by atoms with van der Waals surface area (Å²) in [6.45, 7) is 5.96. The van der Waals surface area contributed by atoms with Gasteiger partial charge in [-0.25, -0.2) is 4.72 Å². The Morgan fingerprint density at radius 2 is 1.77 bits per heavy atom. The fourth-order valence-corrected chi connectivity index (χ4v) is 6.13. The molecule has 1 unspecified atom stereocenters. The summed E-state index contributed by atoms with van der Waals surface area (Å²) in [5.74, 6) is 0.476. The first-order chi connectivity index (χ1) is 14.8. The molecule has 0 saturated carbocycles. The molecule has 1 fully saturated rings. The number of nitrogens with one attached hydrogen (secondary N) is 1. The maximum atomic E-state index is 13.1. The number of hydrogen-bond donors (Lipinski definition) is 1. The lowest BCUT2D eigenvalue weighted by Crippen LogP contribution is -2.34. The first-order valence-electron chi connectivity index (χ1n) is 10.9. The Bertz CT molecular complexity index is 824. The van der Waals surface area contributed by atoms with Gasteiger partial charge < -0.3 is 9.45 Å². The molecule has 0 spiro atoms. The van der Waals surface area contributed by atoms with Crippen molar-refractivity contribution in [1.82, 2.24) is 4.31 Å². The number of anilines is 2. The zero-order chi connectivity index (χ0) is 22.4. The molecule has 1 N–H and O–H groups in total. The minimum atomic E-state index is -1.35. The lowest BCUT2D eigenvalue weighted by Gasteiger charge is -2.34. The third-order valence-corrected chi connectivity index (χ3v) is 7.92. The number of halogens is 1. The Hall–Kier alpha value is -1.41. The number of alkyl halides is 1. The molecule has 1 saturated heterocycles. The molecule has 2 aromatic rings. The second-order valence-electron chi connectivity index (χ2n) is 8.73. The molecule has 1 heterocycles. The van der Waals surface area contributed by atoms with Gasteiger partial charge in [-0.2, -0.15) is 0 Å². The van der Waals surface area contributed by atoms with Crippen molar-refractivity contribution in [3.63, 3.8) is 0 Å². The summed E-state index contributed by atoms with van der Waals surface area (Å²) in [5, 5.41) is 0. The van der Waals surface area contributed by atoms with E-state index in [1.807, 2.05) is 44.4 Å². The Morgan fingerprint density at radius 3 is 2.39 bits per heavy atom. The van der Waals surface area contributed by atoms with Crippen molar-refractivity contribution in [3.05, 3.63) is 54.1 Å². The van der Waals surface area contributed by atoms with Gasteiger partial charge >= 0.3 is 0 Å². The van der Waals surface area contributed by atoms with Crippen LogP contribution < -0.4 is 9.62 Å². The number of hydrogen-bond acceptors (Lipinski definition) is 5. The Morgan fingerprint density at radius 1 is 1.13 bits per heavy atom. The first kappa shape index (κ1) is 24.2. The van der Waals surface area contributed by atoms with E-state index in [9.17, 15) is 8.94 Å². The predicted octanol–water partition coefficient (Wildman–Crippen LogP) is 5.84. The van der Waals surface area contributed by atoms with Crippen LogP contribution in [0.15, 0.2) is 53.4 Å². The number of benzene rings is 2. The minimum Gasteiger partial charge on any atom is -0.588 e. The monoisotopic (exact) mass is 463 g/mol. The van der Waals surface area contributed by atoms with E-state index in [2.05, 4.69) is 46.0 Å². The van der Waals surface area contributed by atoms with Crippen LogP contribution in [0.2, 0.25) is 0 Å². The average Bonchev–Trinajstić information content (AvgIpc) is 2.74. The molecule has 0 radical (unpaired) electrons. The number of piperidine rings is 1. The maximum Gasteiger partial charge on any atom is 0.179 e. The lowest BCUT2D eigenvalue weighted by atomic mass is 9.94. The van der Waals surface area contributed by atoms with Crippen molar-refractivity contribution in [2.24, 2.45) is 5.92 Å². The van der Waals surface area contributed by atoms with Crippen molar-refractivity contribution >= 4 is 34.7 Å². The van der Waals surface area contributed by atoms with Gasteiger partial charge in [-0.05, 0) is 83.0 Å². The van der Waals surface area contributed by atoms with Gasteiger partial charge in [0.05, 0.1) is 12.4 Å². The molecule has 170 valence electrons. The van der Waals surface area contributed by atoms with E-state index in [1.165, 1.54) is 5.56 Å². The van der Waals surface area contributed by atoms with Crippen molar-refractivity contribution < 1.29 is 8.94 Å². The molecule has 7 heteroatoms. The molecule has 1 atom stereocenters. The minimum absolute atomic E-state index is 0.0577. The Labute approximate surface area is 194 Å². The second kappa shape index (κ2) is 10.9. The van der Waals surface area contributed by atoms with Crippen LogP contribution in [-0.4, -0.2) is 42.7 Å². The number of rotatable bonds is 9. The summed E-state index contributed by atoms with van der Waals surface area (Å²) in [6.07, 6.45) is 2.67. The molecular weight excluding hydrogens is 429 g/mol. The van der Waals surface area contributed by atoms with Crippen LogP contribution in [0.25, 0.3) is 0 Å². The van der Waals surface area contributed by atoms with Crippen molar-refractivity contribution in [2.45, 2.75) is 42.8 Å². The predicted molar refractivity (Wildman–Crippen MR) is 133 cm³/mol. The van der Waals surface area contributed by atoms with E-state index in [0.717, 1.165) is 42.2 Å². The molecule has 2 aromatic carbocycles. The highest BCUT2D eigenvalue weighted by atomic mass is 32.2. The van der Waals surface area contributed by atoms with E-state index in [4.69, 9.17) is 0 Å². The fourth-order valence-electron chi connectivity index (χ4n) is 4.10. The molecule has 4 nitrogen and oxygen atoms in total. The molecule has 0 amide bonds. The first-order valence-corrected chi connectivity index (χ1v) is 12.8. The van der Waals surface area contributed by atoms with E-state index in [0.29, 0.717) is 12.3 Å². The van der Waals surface area contributed by atoms with Gasteiger partial charge in [0, 0.05) is 17.8 Å². The van der Waals surface area contributed by atoms with Crippen LogP contribution >= 0.6 is 11.9 Å². The largest absolute Gasteiger partial charge is 0.588 e. The van der Waals surface area contributed by atoms with Gasteiger partial charge in [-0.1, -0.05) is 36.2 Å². The summed E-state index contributed by atoms with van der Waals surface area (Å²) in [5.41, 5.74) is 3.13. The van der Waals surface area contributed by atoms with Crippen molar-refractivity contribution in [3.8, 4) is 0 Å². The maximum absolute atomic E-state index is 13.1. The molecule has 1 aliphatic heterocycles. The smallest absolute Gasteiger partial charge is 0.179 e. The van der Waals surface area contributed by atoms with E-state index < -0.39 is 11.4 Å². The van der Waals surface area contributed by atoms with Gasteiger partial charge in [-0.15, -0.1) is 0 Å². The SMILES string of the molecule is CN(C)SC(C)(C)c1ccc([S+]([O-])Nc2ccccc2N2CCC(CCF)CC2)cc1. The number of para-hydroxylation sites is 2. The number of nitrogens with zero attached hydrogens (tertiary/aromatic N) is 2. The molecular formula is C24H34FN3OS2. The summed E-state index contributed by atoms with van der Waals surface area (Å²) in [7, 11) is 4.08. The topological polar surface area (TPSA) is 41.6 Å². The molecule has 0 aromatic heterocycles. The zero-order valence-corrected chi connectivity index (χ0v) is 20.6. The summed E-state index contributed by atoms with van der Waals surface area (Å²) in [6, 6.07) is 16.0. The van der Waals surface area contributed by atoms with Gasteiger partial charge in [0.1, 0.15) is 17.0 Å². The fraction of sp³-hybridized carbons (Fsp3) is 0.500. The van der Waals surface area contributed by atoms with Crippen LogP contribution in [-0.2, 0) is 16.1 Å². The van der Waals surface area contributed by atoms with Gasteiger partial charge in [0.25, 0.3) is 0 Å². The highest BCUT2D eigenvalue weighted by Gasteiger charge is 2.25. The van der Waals surface area contributed by atoms with Gasteiger partial charge in [-0.3, -0.25) is 8.70 Å². The normalized spacial score (nSPS) is 16.5. The highest BCUT2D eigenvalue weighted by molar-refractivity contribution is 7.97. The van der Waals surface area contributed by atoms with Gasteiger partial charge in [0.2, 0.25) is 0 Å². The van der Waals surface area contributed by atoms with E-state index >= 15 is 0 Å². The standard InChI is InChI=1S/C24H34FN3OS2/c1-24(2,30-27(3)4)20-9-11-21(12-10-20)31(29)26-22-7-5-6-8-23(22)28-17-14-19(13-16-25)15-18-28/h5-12,19,26H,13-18H2,1-4H3. The lowest BCUT2D eigenvalue weighted by molar-refractivity contribution is 0.332. The summed E-state index contributed by atoms with van der Waals surface area (Å²) < 4.78 is 31.0. The van der Waals surface area contributed by atoms with Gasteiger partial charge in [0.15, 0.2) is 4.90 Å². The highest BCUT2D eigenvalue weighted by Crippen LogP contribution is 2.37. The van der Waals surface area contributed by atoms with Crippen molar-refractivity contribution in [1.29, 1.82) is 0 Å². The van der Waals surface area contributed by atoms with E-state index in [1.54, 1.807) is 11.9 Å². The zero-order valence-electron chi connectivity index (χ0n) is 18.9. The van der Waals surface area contributed by atoms with Crippen LogP contribution in [0.1, 0.15) is 38.7 Å². The second-order valence-corrected chi connectivity index (χ2v) is 11.9. The molecule has 31 heavy (non-hydrogen) atoms. The van der Waals surface area contributed by atoms with Crippen LogP contribution in [0.5, 0.6) is 0 Å². The molecule has 1 aliphatic rings. The quantitative estimate of drug-likeness (QED) is 0.374. The Balaban J connectivity index is 1.68. The summed E-state index contributed by atoms with van der Waals surface area (Å²) >= 11 is 0.415. The van der Waals surface area contributed by atoms with Crippen molar-refractivity contribution in [2.75, 3.05) is 43.5 Å². The van der Waals surface area contributed by atoms with Crippen LogP contribution in [0.3, 0.4) is 0 Å². The Kier molecular flexibility index (Phi) is 8.56. The summed E-state index contributed by atoms with van der Waals surface area (Å²) in [4.78, 5) is 3.07. The third-order valence-electron chi connectivity index (χ3n) is 5.75. The molecule has 0 aliphatic carbocycles. The van der Waals surface area contributed by atoms with E-state index in [-0.39, 0.29) is 11.4 Å². The molecule has 0 bridgehead atoms.